The molecule has 25 heavy (non-hydrogen) atoms. The van der Waals surface area contributed by atoms with Crippen molar-refractivity contribution in [2.24, 2.45) is 0 Å². The monoisotopic (exact) mass is 340 g/mol. The number of hydrogen-bond donors (Lipinski definition) is 1. The molecule has 2 aliphatic rings. The van der Waals surface area contributed by atoms with Crippen molar-refractivity contribution in [1.29, 1.82) is 0 Å². The normalized spacial score (nSPS) is 21.3. The lowest BCUT2D eigenvalue weighted by molar-refractivity contribution is -0.133. The average molecular weight is 340 g/mol. The van der Waals surface area contributed by atoms with E-state index in [9.17, 15) is 4.79 Å². The van der Waals surface area contributed by atoms with Crippen molar-refractivity contribution in [3.8, 4) is 5.75 Å². The van der Waals surface area contributed by atoms with Crippen molar-refractivity contribution < 1.29 is 9.53 Å². The molecule has 1 saturated heterocycles. The summed E-state index contributed by atoms with van der Waals surface area (Å²) in [5.74, 6) is 1.52. The number of nitrogens with one attached hydrogen (secondary N) is 1. The smallest absolute Gasteiger partial charge is 0.236 e. The van der Waals surface area contributed by atoms with Gasteiger partial charge in [0.05, 0.1) is 6.54 Å². The first-order valence-corrected chi connectivity index (χ1v) is 9.00. The highest BCUT2D eigenvalue weighted by atomic mass is 16.5. The number of H-pyrrole nitrogens is 1. The number of fused-ring (bicyclic) bond motifs is 1. The molecule has 0 saturated carbocycles. The van der Waals surface area contributed by atoms with Crippen molar-refractivity contribution in [2.45, 2.75) is 25.3 Å². The number of aromatic amines is 1. The van der Waals surface area contributed by atoms with Gasteiger partial charge in [-0.1, -0.05) is 18.2 Å². The molecule has 2 aliphatic heterocycles. The Bertz CT molecular complexity index is 716. The molecule has 1 aromatic carbocycles. The molecule has 0 bridgehead atoms. The van der Waals surface area contributed by atoms with Gasteiger partial charge in [0.15, 0.2) is 0 Å². The highest BCUT2D eigenvalue weighted by Crippen LogP contribution is 2.26. The predicted octanol–water partition coefficient (Wildman–Crippen LogP) is 2.01. The van der Waals surface area contributed by atoms with Crippen LogP contribution in [0.2, 0.25) is 0 Å². The van der Waals surface area contributed by atoms with Crippen molar-refractivity contribution in [3.63, 3.8) is 0 Å². The summed E-state index contributed by atoms with van der Waals surface area (Å²) in [6.45, 7) is 4.25. The fourth-order valence-electron chi connectivity index (χ4n) is 3.76. The summed E-state index contributed by atoms with van der Waals surface area (Å²) in [6.07, 6.45) is 3.93. The Balaban J connectivity index is 1.38. The summed E-state index contributed by atoms with van der Waals surface area (Å²) in [7, 11) is 0. The zero-order chi connectivity index (χ0) is 17.1. The molecule has 1 aromatic heterocycles. The number of likely N-dealkylation sites (tertiary alicyclic amines) is 1. The fraction of sp³-hybridized carbons (Fsp3) is 0.474. The van der Waals surface area contributed by atoms with Crippen LogP contribution in [0.1, 0.15) is 30.0 Å². The summed E-state index contributed by atoms with van der Waals surface area (Å²) in [5, 5.41) is 7.09. The van der Waals surface area contributed by atoms with Gasteiger partial charge >= 0.3 is 0 Å². The fourth-order valence-corrected chi connectivity index (χ4v) is 3.76. The van der Waals surface area contributed by atoms with Gasteiger partial charge < -0.3 is 9.64 Å². The van der Waals surface area contributed by atoms with Gasteiger partial charge in [0.2, 0.25) is 5.91 Å². The third kappa shape index (κ3) is 3.69. The van der Waals surface area contributed by atoms with E-state index >= 15 is 0 Å². The molecule has 1 fully saturated rings. The largest absolute Gasteiger partial charge is 0.492 e. The maximum Gasteiger partial charge on any atom is 0.236 e. The number of ether oxygens (including phenoxy) is 1. The first kappa shape index (κ1) is 16.1. The molecular formula is C19H24N4O2. The number of carbonyl (C=O) groups is 1. The summed E-state index contributed by atoms with van der Waals surface area (Å²) < 4.78 is 5.79. The number of rotatable bonds is 3. The first-order chi connectivity index (χ1) is 12.3. The lowest BCUT2D eigenvalue weighted by atomic mass is 9.95. The van der Waals surface area contributed by atoms with Gasteiger partial charge in [0.1, 0.15) is 12.4 Å². The predicted molar refractivity (Wildman–Crippen MR) is 94.4 cm³/mol. The molecule has 0 unspecified atom stereocenters. The van der Waals surface area contributed by atoms with Gasteiger partial charge in [-0.3, -0.25) is 14.8 Å². The topological polar surface area (TPSA) is 61.5 Å². The summed E-state index contributed by atoms with van der Waals surface area (Å²) in [6, 6.07) is 10.1. The Morgan fingerprint density at radius 1 is 1.28 bits per heavy atom. The minimum atomic E-state index is 0.212. The minimum absolute atomic E-state index is 0.212. The molecule has 1 amide bonds. The van der Waals surface area contributed by atoms with E-state index in [1.807, 2.05) is 29.2 Å². The summed E-state index contributed by atoms with van der Waals surface area (Å²) in [4.78, 5) is 17.0. The van der Waals surface area contributed by atoms with Crippen LogP contribution >= 0.6 is 0 Å². The van der Waals surface area contributed by atoms with E-state index in [0.29, 0.717) is 19.1 Å². The minimum Gasteiger partial charge on any atom is -0.492 e. The Morgan fingerprint density at radius 3 is 3.08 bits per heavy atom. The van der Waals surface area contributed by atoms with Gasteiger partial charge in [-0.2, -0.15) is 5.10 Å². The lowest BCUT2D eigenvalue weighted by Gasteiger charge is -2.33. The van der Waals surface area contributed by atoms with Crippen LogP contribution in [-0.4, -0.2) is 58.7 Å². The number of hydrogen-bond acceptors (Lipinski definition) is 4. The second kappa shape index (κ2) is 7.27. The van der Waals surface area contributed by atoms with Gasteiger partial charge in [-0.05, 0) is 25.0 Å². The van der Waals surface area contributed by atoms with E-state index in [4.69, 9.17) is 4.74 Å². The highest BCUT2D eigenvalue weighted by Gasteiger charge is 2.27. The Hall–Kier alpha value is -2.34. The number of piperidine rings is 1. The lowest BCUT2D eigenvalue weighted by Crippen LogP contribution is -2.45. The van der Waals surface area contributed by atoms with Gasteiger partial charge in [-0.15, -0.1) is 0 Å². The average Bonchev–Trinajstić information content (AvgIpc) is 3.10. The molecular weight excluding hydrogens is 316 g/mol. The van der Waals surface area contributed by atoms with Crippen molar-refractivity contribution in [2.75, 3.05) is 32.8 Å². The molecule has 0 aliphatic carbocycles. The second-order valence-corrected chi connectivity index (χ2v) is 6.86. The Labute approximate surface area is 147 Å². The third-order valence-electron chi connectivity index (χ3n) is 5.13. The Kier molecular flexibility index (Phi) is 4.70. The SMILES string of the molecule is O=C(CN1CCOc2ccccc2C1)N1CCC[C@@H](c2ccn[nH]2)C1. The summed E-state index contributed by atoms with van der Waals surface area (Å²) >= 11 is 0. The molecule has 1 N–H and O–H groups in total. The van der Waals surface area contributed by atoms with Crippen LogP contribution in [0.5, 0.6) is 5.75 Å². The number of aromatic nitrogens is 2. The van der Waals surface area contributed by atoms with Crippen LogP contribution in [0.3, 0.4) is 0 Å². The van der Waals surface area contributed by atoms with E-state index in [1.165, 1.54) is 0 Å². The maximum atomic E-state index is 12.8. The van der Waals surface area contributed by atoms with Gasteiger partial charge in [-0.25, -0.2) is 0 Å². The summed E-state index contributed by atoms with van der Waals surface area (Å²) in [5.41, 5.74) is 2.29. The van der Waals surface area contributed by atoms with Gasteiger partial charge in [0, 0.05) is 49.6 Å². The van der Waals surface area contributed by atoms with Crippen molar-refractivity contribution in [1.82, 2.24) is 20.0 Å². The van der Waals surface area contributed by atoms with Crippen molar-refractivity contribution >= 4 is 5.91 Å². The first-order valence-electron chi connectivity index (χ1n) is 9.00. The third-order valence-corrected chi connectivity index (χ3v) is 5.13. The molecule has 0 radical (unpaired) electrons. The quantitative estimate of drug-likeness (QED) is 0.928. The zero-order valence-electron chi connectivity index (χ0n) is 14.4. The van der Waals surface area contributed by atoms with E-state index in [0.717, 1.165) is 56.0 Å². The van der Waals surface area contributed by atoms with Crippen molar-refractivity contribution in [3.05, 3.63) is 47.8 Å². The molecule has 132 valence electrons. The molecule has 1 atom stereocenters. The van der Waals surface area contributed by atoms with E-state index in [1.54, 1.807) is 6.20 Å². The maximum absolute atomic E-state index is 12.8. The number of benzene rings is 1. The molecule has 0 spiro atoms. The molecule has 2 aromatic rings. The molecule has 4 rings (SSSR count). The van der Waals surface area contributed by atoms with E-state index in [-0.39, 0.29) is 5.91 Å². The van der Waals surface area contributed by atoms with Crippen LogP contribution in [-0.2, 0) is 11.3 Å². The Morgan fingerprint density at radius 2 is 2.20 bits per heavy atom. The van der Waals surface area contributed by atoms with E-state index < -0.39 is 0 Å². The number of para-hydroxylation sites is 1. The number of nitrogens with zero attached hydrogens (tertiary/aromatic N) is 3. The van der Waals surface area contributed by atoms with Crippen LogP contribution in [0, 0.1) is 0 Å². The molecule has 6 nitrogen and oxygen atoms in total. The zero-order valence-corrected chi connectivity index (χ0v) is 14.4. The van der Waals surface area contributed by atoms with Crippen LogP contribution in [0.15, 0.2) is 36.5 Å². The molecule has 6 heteroatoms. The van der Waals surface area contributed by atoms with Crippen LogP contribution in [0.25, 0.3) is 0 Å². The number of carbonyl (C=O) groups excluding carboxylic acids is 1. The van der Waals surface area contributed by atoms with E-state index in [2.05, 4.69) is 21.2 Å². The number of amides is 1. The standard InChI is InChI=1S/C19H24N4O2/c24-19(23-9-3-5-15(13-23)17-7-8-20-21-17)14-22-10-11-25-18-6-2-1-4-16(18)12-22/h1-2,4,6-8,15H,3,5,9-14H2,(H,20,21)/t15-/m1/s1. The highest BCUT2D eigenvalue weighted by molar-refractivity contribution is 5.78. The van der Waals surface area contributed by atoms with Gasteiger partial charge in [0.25, 0.3) is 0 Å². The van der Waals surface area contributed by atoms with Crippen LogP contribution in [0.4, 0.5) is 0 Å². The molecule has 3 heterocycles. The van der Waals surface area contributed by atoms with Crippen LogP contribution < -0.4 is 4.74 Å². The second-order valence-electron chi connectivity index (χ2n) is 6.86.